The summed E-state index contributed by atoms with van der Waals surface area (Å²) in [5.41, 5.74) is 7.93. The van der Waals surface area contributed by atoms with Gasteiger partial charge in [0.15, 0.2) is 0 Å². The van der Waals surface area contributed by atoms with Gasteiger partial charge in [-0.1, -0.05) is 18.2 Å². The molecule has 0 aromatic heterocycles. The molecule has 0 fully saturated rings. The molecular weight excluding hydrogens is 198 g/mol. The van der Waals surface area contributed by atoms with Gasteiger partial charge in [-0.15, -0.1) is 0 Å². The van der Waals surface area contributed by atoms with Crippen LogP contribution in [0.15, 0.2) is 24.3 Å². The molecular formula is C13H23N3. The van der Waals surface area contributed by atoms with Crippen molar-refractivity contribution in [2.75, 3.05) is 26.4 Å². The molecule has 1 atom stereocenters. The molecule has 3 N–H and O–H groups in total. The number of para-hydroxylation sites is 1. The van der Waals surface area contributed by atoms with Crippen LogP contribution in [0.3, 0.4) is 0 Å². The normalized spacial score (nSPS) is 13.0. The Morgan fingerprint density at radius 3 is 2.62 bits per heavy atom. The van der Waals surface area contributed by atoms with Gasteiger partial charge in [0.2, 0.25) is 0 Å². The standard InChI is InChI=1S/C13H23N3/c1-11(8-9-16(2)3)15-10-12-6-4-5-7-13(12)14/h4-7,11,15H,8-10,14H2,1-3H3. The zero-order valence-corrected chi connectivity index (χ0v) is 10.5. The van der Waals surface area contributed by atoms with Gasteiger partial charge in [-0.25, -0.2) is 0 Å². The maximum absolute atomic E-state index is 5.88. The molecule has 0 aliphatic heterocycles. The minimum Gasteiger partial charge on any atom is -0.398 e. The molecule has 0 spiro atoms. The summed E-state index contributed by atoms with van der Waals surface area (Å²) in [4.78, 5) is 2.20. The fraction of sp³-hybridized carbons (Fsp3) is 0.538. The number of rotatable bonds is 6. The fourth-order valence-electron chi connectivity index (χ4n) is 1.53. The smallest absolute Gasteiger partial charge is 0.0359 e. The van der Waals surface area contributed by atoms with Crippen molar-refractivity contribution in [3.05, 3.63) is 29.8 Å². The van der Waals surface area contributed by atoms with Crippen LogP contribution in [-0.2, 0) is 6.54 Å². The van der Waals surface area contributed by atoms with Crippen molar-refractivity contribution in [3.63, 3.8) is 0 Å². The van der Waals surface area contributed by atoms with E-state index in [1.54, 1.807) is 0 Å². The summed E-state index contributed by atoms with van der Waals surface area (Å²) in [6, 6.07) is 8.52. The summed E-state index contributed by atoms with van der Waals surface area (Å²) in [6.45, 7) is 4.17. The van der Waals surface area contributed by atoms with Crippen LogP contribution in [0.25, 0.3) is 0 Å². The molecule has 0 heterocycles. The molecule has 1 unspecified atom stereocenters. The van der Waals surface area contributed by atoms with E-state index < -0.39 is 0 Å². The van der Waals surface area contributed by atoms with Gasteiger partial charge in [0.1, 0.15) is 0 Å². The van der Waals surface area contributed by atoms with E-state index in [0.717, 1.165) is 25.2 Å². The summed E-state index contributed by atoms with van der Waals surface area (Å²) in [5, 5.41) is 3.49. The maximum atomic E-state index is 5.88. The monoisotopic (exact) mass is 221 g/mol. The number of nitrogen functional groups attached to an aromatic ring is 1. The highest BCUT2D eigenvalue weighted by Crippen LogP contribution is 2.10. The van der Waals surface area contributed by atoms with E-state index in [4.69, 9.17) is 5.73 Å². The van der Waals surface area contributed by atoms with Crippen LogP contribution in [0.5, 0.6) is 0 Å². The third-order valence-corrected chi connectivity index (χ3v) is 2.71. The number of hydrogen-bond acceptors (Lipinski definition) is 3. The van der Waals surface area contributed by atoms with Crippen molar-refractivity contribution >= 4 is 5.69 Å². The van der Waals surface area contributed by atoms with E-state index in [2.05, 4.69) is 37.3 Å². The lowest BCUT2D eigenvalue weighted by atomic mass is 10.1. The fourth-order valence-corrected chi connectivity index (χ4v) is 1.53. The summed E-state index contributed by atoms with van der Waals surface area (Å²) in [5.74, 6) is 0. The van der Waals surface area contributed by atoms with Crippen LogP contribution in [0.4, 0.5) is 5.69 Å². The van der Waals surface area contributed by atoms with Crippen molar-refractivity contribution < 1.29 is 0 Å². The first-order valence-electron chi connectivity index (χ1n) is 5.81. The Hall–Kier alpha value is -1.06. The molecule has 16 heavy (non-hydrogen) atoms. The highest BCUT2D eigenvalue weighted by molar-refractivity contribution is 5.46. The first-order valence-corrected chi connectivity index (χ1v) is 5.81. The molecule has 1 aromatic carbocycles. The van der Waals surface area contributed by atoms with Crippen molar-refractivity contribution in [1.82, 2.24) is 10.2 Å². The molecule has 0 saturated carbocycles. The molecule has 0 aliphatic carbocycles. The summed E-state index contributed by atoms with van der Waals surface area (Å²) < 4.78 is 0. The van der Waals surface area contributed by atoms with E-state index in [9.17, 15) is 0 Å². The second-order valence-corrected chi connectivity index (χ2v) is 4.57. The molecule has 0 bridgehead atoms. The topological polar surface area (TPSA) is 41.3 Å². The van der Waals surface area contributed by atoms with Gasteiger partial charge < -0.3 is 16.0 Å². The molecule has 1 aromatic rings. The molecule has 0 saturated heterocycles. The van der Waals surface area contributed by atoms with E-state index in [-0.39, 0.29) is 0 Å². The average Bonchev–Trinajstić information content (AvgIpc) is 2.25. The van der Waals surface area contributed by atoms with Crippen LogP contribution >= 0.6 is 0 Å². The van der Waals surface area contributed by atoms with Crippen molar-refractivity contribution in [3.8, 4) is 0 Å². The molecule has 1 rings (SSSR count). The van der Waals surface area contributed by atoms with Gasteiger partial charge in [-0.05, 0) is 45.6 Å². The predicted molar refractivity (Wildman–Crippen MR) is 70.3 cm³/mol. The van der Waals surface area contributed by atoms with E-state index in [0.29, 0.717) is 6.04 Å². The first-order chi connectivity index (χ1) is 7.59. The average molecular weight is 221 g/mol. The van der Waals surface area contributed by atoms with Crippen LogP contribution in [0, 0.1) is 0 Å². The summed E-state index contributed by atoms with van der Waals surface area (Å²) in [6.07, 6.45) is 1.15. The first kappa shape index (κ1) is 13.0. The third-order valence-electron chi connectivity index (χ3n) is 2.71. The molecule has 90 valence electrons. The minimum absolute atomic E-state index is 0.516. The number of hydrogen-bond donors (Lipinski definition) is 2. The second kappa shape index (κ2) is 6.51. The maximum Gasteiger partial charge on any atom is 0.0359 e. The molecule has 0 radical (unpaired) electrons. The van der Waals surface area contributed by atoms with Crippen LogP contribution in [-0.4, -0.2) is 31.6 Å². The Morgan fingerprint density at radius 1 is 1.31 bits per heavy atom. The highest BCUT2D eigenvalue weighted by Gasteiger charge is 2.03. The predicted octanol–water partition coefficient (Wildman–Crippen LogP) is 1.70. The van der Waals surface area contributed by atoms with E-state index >= 15 is 0 Å². The van der Waals surface area contributed by atoms with Crippen molar-refractivity contribution in [2.45, 2.75) is 25.9 Å². The Bertz CT molecular complexity index is 310. The van der Waals surface area contributed by atoms with Gasteiger partial charge in [0.05, 0.1) is 0 Å². The van der Waals surface area contributed by atoms with Gasteiger partial charge >= 0.3 is 0 Å². The lowest BCUT2D eigenvalue weighted by Crippen LogP contribution is -2.29. The Kier molecular flexibility index (Phi) is 5.29. The van der Waals surface area contributed by atoms with E-state index in [1.165, 1.54) is 5.56 Å². The Balaban J connectivity index is 2.31. The lowest BCUT2D eigenvalue weighted by molar-refractivity contribution is 0.366. The van der Waals surface area contributed by atoms with Crippen LogP contribution < -0.4 is 11.1 Å². The van der Waals surface area contributed by atoms with E-state index in [1.807, 2.05) is 18.2 Å². The zero-order chi connectivity index (χ0) is 12.0. The SMILES string of the molecule is CC(CCN(C)C)NCc1ccccc1N. The number of anilines is 1. The van der Waals surface area contributed by atoms with Crippen molar-refractivity contribution in [2.24, 2.45) is 0 Å². The Morgan fingerprint density at radius 2 is 2.00 bits per heavy atom. The number of nitrogens with two attached hydrogens (primary N) is 1. The number of nitrogens with one attached hydrogen (secondary N) is 1. The number of benzene rings is 1. The zero-order valence-electron chi connectivity index (χ0n) is 10.5. The largest absolute Gasteiger partial charge is 0.398 e. The van der Waals surface area contributed by atoms with Gasteiger partial charge in [-0.3, -0.25) is 0 Å². The second-order valence-electron chi connectivity index (χ2n) is 4.57. The number of nitrogens with zero attached hydrogens (tertiary/aromatic N) is 1. The van der Waals surface area contributed by atoms with Gasteiger partial charge in [-0.2, -0.15) is 0 Å². The van der Waals surface area contributed by atoms with Gasteiger partial charge in [0, 0.05) is 18.3 Å². The van der Waals surface area contributed by atoms with Gasteiger partial charge in [0.25, 0.3) is 0 Å². The molecule has 0 aliphatic rings. The molecule has 3 nitrogen and oxygen atoms in total. The lowest BCUT2D eigenvalue weighted by Gasteiger charge is -2.17. The summed E-state index contributed by atoms with van der Waals surface area (Å²) in [7, 11) is 4.20. The van der Waals surface area contributed by atoms with Crippen molar-refractivity contribution in [1.29, 1.82) is 0 Å². The third kappa shape index (κ3) is 4.64. The van der Waals surface area contributed by atoms with Crippen LogP contribution in [0.2, 0.25) is 0 Å². The van der Waals surface area contributed by atoms with Crippen LogP contribution in [0.1, 0.15) is 18.9 Å². The molecule has 3 heteroatoms. The molecule has 0 amide bonds. The minimum atomic E-state index is 0.516. The quantitative estimate of drug-likeness (QED) is 0.718. The summed E-state index contributed by atoms with van der Waals surface area (Å²) >= 11 is 0. The Labute approximate surface area is 98.6 Å². The highest BCUT2D eigenvalue weighted by atomic mass is 15.1.